The van der Waals surface area contributed by atoms with Crippen LogP contribution in [0.1, 0.15) is 22.8 Å². The van der Waals surface area contributed by atoms with Crippen LogP contribution in [0, 0.1) is 6.92 Å². The number of ether oxygens (including phenoxy) is 1. The predicted molar refractivity (Wildman–Crippen MR) is 89.1 cm³/mol. The van der Waals surface area contributed by atoms with Gasteiger partial charge in [-0.15, -0.1) is 0 Å². The molecule has 22 heavy (non-hydrogen) atoms. The third-order valence-corrected chi connectivity index (χ3v) is 3.98. The highest BCUT2D eigenvalue weighted by molar-refractivity contribution is 6.31. The molecule has 0 aliphatic carbocycles. The lowest BCUT2D eigenvalue weighted by molar-refractivity contribution is -0.121. The van der Waals surface area contributed by atoms with E-state index in [9.17, 15) is 4.79 Å². The normalized spacial score (nSPS) is 12.0. The number of nitrogens with one attached hydrogen (secondary N) is 1. The summed E-state index contributed by atoms with van der Waals surface area (Å²) >= 11 is 6.07. The molecule has 116 valence electrons. The number of methoxy groups -OCH3 is 1. The third-order valence-electron chi connectivity index (χ3n) is 3.61. The van der Waals surface area contributed by atoms with Gasteiger partial charge in [0, 0.05) is 18.7 Å². The highest BCUT2D eigenvalue weighted by atomic mass is 35.5. The minimum atomic E-state index is -0.156. The highest BCUT2D eigenvalue weighted by Crippen LogP contribution is 2.20. The molecule has 0 radical (unpaired) electrons. The second kappa shape index (κ2) is 7.97. The Labute approximate surface area is 136 Å². The van der Waals surface area contributed by atoms with E-state index >= 15 is 0 Å². The Morgan fingerprint density at radius 1 is 1.18 bits per heavy atom. The molecule has 0 aliphatic heterocycles. The summed E-state index contributed by atoms with van der Waals surface area (Å²) in [6, 6.07) is 15.4. The second-order valence-electron chi connectivity index (χ2n) is 5.15. The van der Waals surface area contributed by atoms with Gasteiger partial charge >= 0.3 is 0 Å². The van der Waals surface area contributed by atoms with Crippen LogP contribution < -0.4 is 5.32 Å². The smallest absolute Gasteiger partial charge is 0.224 e. The molecule has 0 saturated heterocycles. The quantitative estimate of drug-likeness (QED) is 0.882. The Balaban J connectivity index is 1.95. The van der Waals surface area contributed by atoms with E-state index in [1.165, 1.54) is 0 Å². The molecule has 0 fully saturated rings. The molecule has 0 aliphatic rings. The summed E-state index contributed by atoms with van der Waals surface area (Å²) in [4.78, 5) is 12.1. The van der Waals surface area contributed by atoms with Crippen LogP contribution in [0.5, 0.6) is 0 Å². The van der Waals surface area contributed by atoms with E-state index in [4.69, 9.17) is 16.3 Å². The average Bonchev–Trinajstić information content (AvgIpc) is 2.52. The Morgan fingerprint density at radius 2 is 1.86 bits per heavy atom. The van der Waals surface area contributed by atoms with Crippen molar-refractivity contribution in [3.8, 4) is 0 Å². The minimum Gasteiger partial charge on any atom is -0.375 e. The van der Waals surface area contributed by atoms with Gasteiger partial charge in [0.2, 0.25) is 5.91 Å². The minimum absolute atomic E-state index is 0.0660. The van der Waals surface area contributed by atoms with E-state index in [0.29, 0.717) is 11.6 Å². The highest BCUT2D eigenvalue weighted by Gasteiger charge is 2.14. The van der Waals surface area contributed by atoms with E-state index in [-0.39, 0.29) is 18.4 Å². The van der Waals surface area contributed by atoms with Gasteiger partial charge in [0.15, 0.2) is 0 Å². The maximum Gasteiger partial charge on any atom is 0.224 e. The summed E-state index contributed by atoms with van der Waals surface area (Å²) in [5.74, 6) is -0.0660. The molecule has 0 heterocycles. The molecule has 1 atom stereocenters. The van der Waals surface area contributed by atoms with E-state index in [1.54, 1.807) is 13.2 Å². The zero-order valence-electron chi connectivity index (χ0n) is 12.8. The molecule has 0 aromatic heterocycles. The van der Waals surface area contributed by atoms with Crippen LogP contribution in [0.4, 0.5) is 0 Å². The largest absolute Gasteiger partial charge is 0.375 e. The van der Waals surface area contributed by atoms with Crippen molar-refractivity contribution in [2.75, 3.05) is 13.7 Å². The number of hydrogen-bond donors (Lipinski definition) is 1. The number of carbonyl (C=O) groups is 1. The number of rotatable bonds is 6. The van der Waals surface area contributed by atoms with E-state index in [1.807, 2.05) is 49.4 Å². The number of hydrogen-bond acceptors (Lipinski definition) is 2. The Hall–Kier alpha value is -1.84. The molecule has 0 bridgehead atoms. The number of aryl methyl sites for hydroxylation is 1. The van der Waals surface area contributed by atoms with Gasteiger partial charge in [-0.1, -0.05) is 54.1 Å². The van der Waals surface area contributed by atoms with Crippen molar-refractivity contribution in [2.24, 2.45) is 0 Å². The maximum atomic E-state index is 12.1. The van der Waals surface area contributed by atoms with E-state index < -0.39 is 0 Å². The lowest BCUT2D eigenvalue weighted by Gasteiger charge is -2.18. The van der Waals surface area contributed by atoms with Crippen LogP contribution in [-0.4, -0.2) is 19.6 Å². The first-order chi connectivity index (χ1) is 10.6. The van der Waals surface area contributed by atoms with Crippen LogP contribution in [0.15, 0.2) is 48.5 Å². The molecule has 0 saturated carbocycles. The zero-order chi connectivity index (χ0) is 15.9. The molecule has 0 spiro atoms. The molecular weight excluding hydrogens is 298 g/mol. The van der Waals surface area contributed by atoms with Crippen molar-refractivity contribution >= 4 is 17.5 Å². The van der Waals surface area contributed by atoms with Crippen molar-refractivity contribution in [2.45, 2.75) is 19.4 Å². The Morgan fingerprint density at radius 3 is 2.55 bits per heavy atom. The van der Waals surface area contributed by atoms with Crippen LogP contribution in [0.25, 0.3) is 0 Å². The molecule has 2 aromatic rings. The average molecular weight is 318 g/mol. The van der Waals surface area contributed by atoms with Gasteiger partial charge in [-0.05, 0) is 29.7 Å². The van der Waals surface area contributed by atoms with Crippen molar-refractivity contribution in [1.29, 1.82) is 0 Å². The number of halogens is 1. The van der Waals surface area contributed by atoms with Crippen molar-refractivity contribution < 1.29 is 9.53 Å². The van der Waals surface area contributed by atoms with Gasteiger partial charge in [-0.3, -0.25) is 4.79 Å². The Bertz CT molecular complexity index is 642. The predicted octanol–water partition coefficient (Wildman–Crippen LogP) is 3.69. The van der Waals surface area contributed by atoms with Crippen molar-refractivity contribution in [1.82, 2.24) is 5.32 Å². The van der Waals surface area contributed by atoms with Crippen LogP contribution in [0.3, 0.4) is 0 Å². The van der Waals surface area contributed by atoms with Crippen molar-refractivity contribution in [3.05, 3.63) is 70.2 Å². The van der Waals surface area contributed by atoms with E-state index in [0.717, 1.165) is 16.7 Å². The molecule has 1 unspecified atom stereocenters. The summed E-state index contributed by atoms with van der Waals surface area (Å²) in [6.45, 7) is 2.47. The summed E-state index contributed by atoms with van der Waals surface area (Å²) in [7, 11) is 1.65. The lowest BCUT2D eigenvalue weighted by Crippen LogP contribution is -2.30. The monoisotopic (exact) mass is 317 g/mol. The Kier molecular flexibility index (Phi) is 5.99. The number of amides is 1. The van der Waals surface area contributed by atoms with Crippen LogP contribution in [0.2, 0.25) is 5.02 Å². The topological polar surface area (TPSA) is 38.3 Å². The fourth-order valence-corrected chi connectivity index (χ4v) is 2.55. The van der Waals surface area contributed by atoms with Gasteiger partial charge < -0.3 is 10.1 Å². The molecule has 1 N–H and O–H groups in total. The first kappa shape index (κ1) is 16.5. The molecule has 1 amide bonds. The maximum absolute atomic E-state index is 12.1. The summed E-state index contributed by atoms with van der Waals surface area (Å²) < 4.78 is 5.50. The molecule has 2 rings (SSSR count). The lowest BCUT2D eigenvalue weighted by atomic mass is 10.0. The first-order valence-electron chi connectivity index (χ1n) is 7.20. The van der Waals surface area contributed by atoms with Crippen LogP contribution in [-0.2, 0) is 16.0 Å². The van der Waals surface area contributed by atoms with Gasteiger partial charge in [-0.2, -0.15) is 0 Å². The van der Waals surface area contributed by atoms with E-state index in [2.05, 4.69) is 5.32 Å². The summed E-state index contributed by atoms with van der Waals surface area (Å²) in [6.07, 6.45) is 0.112. The third kappa shape index (κ3) is 4.33. The molecular formula is C18H20ClNO2. The van der Waals surface area contributed by atoms with Gasteiger partial charge in [0.25, 0.3) is 0 Å². The zero-order valence-corrected chi connectivity index (χ0v) is 13.6. The summed E-state index contributed by atoms with van der Waals surface area (Å²) in [5, 5.41) is 3.52. The first-order valence-corrected chi connectivity index (χ1v) is 7.58. The summed E-state index contributed by atoms with van der Waals surface area (Å²) in [5.41, 5.74) is 3.06. The standard InChI is InChI=1S/C18H20ClNO2/c1-13-7-3-5-9-15(13)17(22-2)12-20-18(21)11-14-8-4-6-10-16(14)19/h3-10,17H,11-12H2,1-2H3,(H,20,21). The van der Waals surface area contributed by atoms with Crippen molar-refractivity contribution in [3.63, 3.8) is 0 Å². The van der Waals surface area contributed by atoms with Gasteiger partial charge in [0.05, 0.1) is 12.5 Å². The fourth-order valence-electron chi connectivity index (χ4n) is 2.35. The van der Waals surface area contributed by atoms with Gasteiger partial charge in [-0.25, -0.2) is 0 Å². The second-order valence-corrected chi connectivity index (χ2v) is 5.56. The molecule has 2 aromatic carbocycles. The molecule has 4 heteroatoms. The number of benzene rings is 2. The fraction of sp³-hybridized carbons (Fsp3) is 0.278. The number of carbonyl (C=O) groups excluding carboxylic acids is 1. The van der Waals surface area contributed by atoms with Gasteiger partial charge in [0.1, 0.15) is 0 Å². The SMILES string of the molecule is COC(CNC(=O)Cc1ccccc1Cl)c1ccccc1C. The molecule has 3 nitrogen and oxygen atoms in total. The van der Waals surface area contributed by atoms with Crippen LogP contribution >= 0.6 is 11.6 Å².